The van der Waals surface area contributed by atoms with E-state index in [1.165, 1.54) is 0 Å². The third-order valence-corrected chi connectivity index (χ3v) is 4.90. The third kappa shape index (κ3) is 3.03. The molecule has 2 aromatic carbocycles. The zero-order valence-corrected chi connectivity index (χ0v) is 15.0. The van der Waals surface area contributed by atoms with E-state index in [4.69, 9.17) is 9.47 Å². The van der Waals surface area contributed by atoms with Crippen molar-refractivity contribution in [2.24, 2.45) is 0 Å². The molecule has 0 saturated heterocycles. The quantitative estimate of drug-likeness (QED) is 0.761. The van der Waals surface area contributed by atoms with Crippen LogP contribution < -0.4 is 0 Å². The number of carbonyl (C=O) groups is 2. The summed E-state index contributed by atoms with van der Waals surface area (Å²) in [5.74, 6) is -1.40. The first kappa shape index (κ1) is 17.9. The Kier molecular flexibility index (Phi) is 5.21. The lowest BCUT2D eigenvalue weighted by Crippen LogP contribution is -2.45. The van der Waals surface area contributed by atoms with Crippen LogP contribution in [0.1, 0.15) is 37.3 Å². The molecule has 3 rings (SSSR count). The topological polar surface area (TPSA) is 52.6 Å². The second-order valence-electron chi connectivity index (χ2n) is 6.22. The van der Waals surface area contributed by atoms with Gasteiger partial charge >= 0.3 is 11.9 Å². The van der Waals surface area contributed by atoms with Gasteiger partial charge < -0.3 is 9.47 Å². The highest BCUT2D eigenvalue weighted by molar-refractivity contribution is 5.95. The first-order valence-corrected chi connectivity index (χ1v) is 8.85. The molecule has 4 heteroatoms. The molecule has 1 aliphatic heterocycles. The lowest BCUT2D eigenvalue weighted by atomic mass is 9.64. The number of cyclic esters (lactones) is 1. The monoisotopic (exact) mass is 350 g/mol. The van der Waals surface area contributed by atoms with Gasteiger partial charge in [0, 0.05) is 5.92 Å². The number of carbonyl (C=O) groups excluding carboxylic acids is 2. The van der Waals surface area contributed by atoms with E-state index in [-0.39, 0.29) is 18.3 Å². The Morgan fingerprint density at radius 1 is 1.04 bits per heavy atom. The summed E-state index contributed by atoms with van der Waals surface area (Å²) in [6, 6.07) is 19.3. The normalized spacial score (nSPS) is 22.3. The van der Waals surface area contributed by atoms with Crippen LogP contribution in [0.3, 0.4) is 0 Å². The molecule has 0 aromatic heterocycles. The number of esters is 2. The molecule has 1 heterocycles. The summed E-state index contributed by atoms with van der Waals surface area (Å²) in [5.41, 5.74) is 0.940. The molecule has 0 bridgehead atoms. The van der Waals surface area contributed by atoms with Crippen molar-refractivity contribution in [1.29, 1.82) is 0 Å². The maximum atomic E-state index is 13.2. The van der Waals surface area contributed by atoms with Crippen LogP contribution in [0.5, 0.6) is 0 Å². The molecular formula is C22H22O4. The number of benzene rings is 2. The van der Waals surface area contributed by atoms with Gasteiger partial charge in [0.05, 0.1) is 6.61 Å². The highest BCUT2D eigenvalue weighted by atomic mass is 16.6. The Labute approximate surface area is 153 Å². The molecule has 0 radical (unpaired) electrons. The third-order valence-electron chi connectivity index (χ3n) is 4.90. The Bertz CT molecular complexity index is 811. The fourth-order valence-corrected chi connectivity index (χ4v) is 3.60. The van der Waals surface area contributed by atoms with Gasteiger partial charge in [-0.25, -0.2) is 4.79 Å². The summed E-state index contributed by atoms with van der Waals surface area (Å²) in [5, 5.41) is 0. The van der Waals surface area contributed by atoms with Gasteiger partial charge in [-0.3, -0.25) is 4.79 Å². The molecule has 2 aromatic rings. The van der Waals surface area contributed by atoms with Crippen LogP contribution in [-0.4, -0.2) is 18.5 Å². The van der Waals surface area contributed by atoms with E-state index >= 15 is 0 Å². The van der Waals surface area contributed by atoms with Gasteiger partial charge in [0.25, 0.3) is 0 Å². The van der Waals surface area contributed by atoms with Crippen LogP contribution in [0.2, 0.25) is 0 Å². The fraction of sp³-hybridized carbons (Fsp3) is 0.273. The summed E-state index contributed by atoms with van der Waals surface area (Å²) >= 11 is 0. The summed E-state index contributed by atoms with van der Waals surface area (Å²) in [6.45, 7) is 3.91. The molecule has 0 N–H and O–H groups in total. The van der Waals surface area contributed by atoms with Crippen molar-refractivity contribution in [1.82, 2.24) is 0 Å². The summed E-state index contributed by atoms with van der Waals surface area (Å²) in [4.78, 5) is 25.4. The molecule has 134 valence electrons. The van der Waals surface area contributed by atoms with E-state index in [0.717, 1.165) is 11.1 Å². The van der Waals surface area contributed by atoms with Gasteiger partial charge in [-0.1, -0.05) is 67.6 Å². The maximum absolute atomic E-state index is 13.2. The van der Waals surface area contributed by atoms with E-state index in [1.807, 2.05) is 67.6 Å². The molecule has 26 heavy (non-hydrogen) atoms. The Hall–Kier alpha value is -2.88. The lowest BCUT2D eigenvalue weighted by Gasteiger charge is -2.40. The Morgan fingerprint density at radius 3 is 2.23 bits per heavy atom. The summed E-state index contributed by atoms with van der Waals surface area (Å²) < 4.78 is 10.5. The zero-order chi connectivity index (χ0) is 18.6. The van der Waals surface area contributed by atoms with Crippen molar-refractivity contribution in [2.75, 3.05) is 6.61 Å². The first-order valence-electron chi connectivity index (χ1n) is 8.85. The number of hydrogen-bond acceptors (Lipinski definition) is 4. The second kappa shape index (κ2) is 7.56. The second-order valence-corrected chi connectivity index (χ2v) is 6.22. The van der Waals surface area contributed by atoms with E-state index in [9.17, 15) is 9.59 Å². The molecule has 0 unspecified atom stereocenters. The van der Waals surface area contributed by atoms with Crippen LogP contribution in [0, 0.1) is 0 Å². The number of hydrogen-bond donors (Lipinski definition) is 0. The predicted molar refractivity (Wildman–Crippen MR) is 98.4 cm³/mol. The van der Waals surface area contributed by atoms with Gasteiger partial charge in [0.15, 0.2) is 0 Å². The Morgan fingerprint density at radius 2 is 1.65 bits per heavy atom. The van der Waals surface area contributed by atoms with Crippen LogP contribution in [0.4, 0.5) is 0 Å². The maximum Gasteiger partial charge on any atom is 0.374 e. The average Bonchev–Trinajstić information content (AvgIpc) is 2.69. The Balaban J connectivity index is 2.19. The minimum absolute atomic E-state index is 0.0364. The molecule has 2 atom stereocenters. The number of rotatable bonds is 5. The molecule has 4 nitrogen and oxygen atoms in total. The van der Waals surface area contributed by atoms with E-state index in [0.29, 0.717) is 6.42 Å². The minimum atomic E-state index is -0.890. The smallest absolute Gasteiger partial charge is 0.374 e. The van der Waals surface area contributed by atoms with Gasteiger partial charge in [-0.05, 0) is 30.5 Å². The van der Waals surface area contributed by atoms with Crippen molar-refractivity contribution in [2.45, 2.75) is 31.6 Å². The van der Waals surface area contributed by atoms with Crippen molar-refractivity contribution in [3.8, 4) is 0 Å². The van der Waals surface area contributed by atoms with E-state index in [1.54, 1.807) is 13.0 Å². The van der Waals surface area contributed by atoms with Crippen LogP contribution in [-0.2, 0) is 24.5 Å². The number of ether oxygens (including phenoxy) is 2. The largest absolute Gasteiger partial charge is 0.460 e. The standard InChI is InChI=1S/C22H22O4/c1-3-22(17-13-9-6-10-14-17)18(16-11-7-5-8-12-16)15-19(26-21(22)24)20(23)25-4-2/h5-15,18H,3-4H2,1-2H3/t18-,22+/m1/s1. The lowest BCUT2D eigenvalue weighted by molar-refractivity contribution is -0.157. The minimum Gasteiger partial charge on any atom is -0.460 e. The first-order chi connectivity index (χ1) is 12.6. The van der Waals surface area contributed by atoms with E-state index < -0.39 is 17.4 Å². The summed E-state index contributed by atoms with van der Waals surface area (Å²) in [6.07, 6.45) is 2.27. The van der Waals surface area contributed by atoms with Crippen molar-refractivity contribution in [3.63, 3.8) is 0 Å². The van der Waals surface area contributed by atoms with Gasteiger partial charge in [0.1, 0.15) is 5.41 Å². The molecule has 0 aliphatic carbocycles. The molecule has 0 fully saturated rings. The number of allylic oxidation sites excluding steroid dienone is 1. The van der Waals surface area contributed by atoms with E-state index in [2.05, 4.69) is 0 Å². The van der Waals surface area contributed by atoms with Crippen LogP contribution >= 0.6 is 0 Å². The molecule has 0 amide bonds. The molecule has 0 saturated carbocycles. The molecular weight excluding hydrogens is 328 g/mol. The van der Waals surface area contributed by atoms with Gasteiger partial charge in [-0.2, -0.15) is 0 Å². The van der Waals surface area contributed by atoms with Crippen molar-refractivity contribution < 1.29 is 19.1 Å². The zero-order valence-electron chi connectivity index (χ0n) is 15.0. The van der Waals surface area contributed by atoms with Crippen LogP contribution in [0.25, 0.3) is 0 Å². The molecule has 1 aliphatic rings. The predicted octanol–water partition coefficient (Wildman–Crippen LogP) is 4.12. The van der Waals surface area contributed by atoms with Crippen molar-refractivity contribution >= 4 is 11.9 Å². The van der Waals surface area contributed by atoms with Gasteiger partial charge in [-0.15, -0.1) is 0 Å². The van der Waals surface area contributed by atoms with Gasteiger partial charge in [0.2, 0.25) is 5.76 Å². The summed E-state index contributed by atoms with van der Waals surface area (Å²) in [7, 11) is 0. The highest BCUT2D eigenvalue weighted by Crippen LogP contribution is 2.47. The van der Waals surface area contributed by atoms with Crippen LogP contribution in [0.15, 0.2) is 72.5 Å². The fourth-order valence-electron chi connectivity index (χ4n) is 3.60. The highest BCUT2D eigenvalue weighted by Gasteiger charge is 2.51. The molecule has 0 spiro atoms. The SMILES string of the molecule is CCOC(=O)C1=C[C@H](c2ccccc2)[C@](CC)(c2ccccc2)C(=O)O1. The average molecular weight is 350 g/mol. The van der Waals surface area contributed by atoms with Crippen molar-refractivity contribution in [3.05, 3.63) is 83.6 Å².